The molecule has 0 unspecified atom stereocenters. The lowest BCUT2D eigenvalue weighted by Gasteiger charge is -2.37. The van der Waals surface area contributed by atoms with Crippen LogP contribution < -0.4 is 5.32 Å². The number of benzene rings is 1. The highest BCUT2D eigenvalue weighted by molar-refractivity contribution is 5.89. The molecular weight excluding hydrogens is 292 g/mol. The second-order valence-electron chi connectivity index (χ2n) is 6.06. The zero-order chi connectivity index (χ0) is 16.2. The van der Waals surface area contributed by atoms with Crippen LogP contribution in [0.25, 0.3) is 0 Å². The molecule has 2 aliphatic heterocycles. The molecule has 0 bridgehead atoms. The fourth-order valence-electron chi connectivity index (χ4n) is 3.32. The number of piperidine rings is 1. The Morgan fingerprint density at radius 2 is 2.17 bits per heavy atom. The second kappa shape index (κ2) is 6.69. The van der Waals surface area contributed by atoms with Gasteiger partial charge in [-0.2, -0.15) is 5.26 Å². The van der Waals surface area contributed by atoms with Crippen LogP contribution in [0.3, 0.4) is 0 Å². The molecule has 0 radical (unpaired) electrons. The molecule has 6 nitrogen and oxygen atoms in total. The number of amides is 3. The first-order valence-corrected chi connectivity index (χ1v) is 8.03. The Hall–Kier alpha value is -2.55. The van der Waals surface area contributed by atoms with Crippen molar-refractivity contribution < 1.29 is 9.59 Å². The van der Waals surface area contributed by atoms with E-state index < -0.39 is 0 Å². The minimum Gasteiger partial charge on any atom is -0.338 e. The number of anilines is 1. The number of nitrogens with zero attached hydrogens (tertiary/aromatic N) is 3. The molecule has 1 atom stereocenters. The van der Waals surface area contributed by atoms with Crippen LogP contribution in [-0.4, -0.2) is 47.4 Å². The third-order valence-corrected chi connectivity index (χ3v) is 4.48. The van der Waals surface area contributed by atoms with Gasteiger partial charge in [0.1, 0.15) is 0 Å². The minimum atomic E-state index is -0.170. The van der Waals surface area contributed by atoms with E-state index in [4.69, 9.17) is 5.26 Å². The van der Waals surface area contributed by atoms with Crippen LogP contribution >= 0.6 is 0 Å². The molecule has 1 aromatic carbocycles. The molecule has 3 rings (SSSR count). The maximum Gasteiger partial charge on any atom is 0.321 e. The summed E-state index contributed by atoms with van der Waals surface area (Å²) in [6.07, 6.45) is 3.41. The first kappa shape index (κ1) is 15.3. The lowest BCUT2D eigenvalue weighted by Crippen LogP contribution is -2.51. The number of carbonyl (C=O) groups is 2. The SMILES string of the molecule is N#Cc1cccc(NC(=O)N2CCC[C@H](N3CCCC3=O)C2)c1. The van der Waals surface area contributed by atoms with Crippen molar-refractivity contribution in [3.05, 3.63) is 29.8 Å². The van der Waals surface area contributed by atoms with E-state index in [1.54, 1.807) is 29.2 Å². The number of nitriles is 1. The molecule has 2 fully saturated rings. The maximum absolute atomic E-state index is 12.4. The Kier molecular flexibility index (Phi) is 4.47. The number of hydrogen-bond acceptors (Lipinski definition) is 3. The standard InChI is InChI=1S/C17H20N4O2/c18-11-13-4-1-5-14(10-13)19-17(23)20-8-2-6-15(12-20)21-9-3-7-16(21)22/h1,4-5,10,15H,2-3,6-9,12H2,(H,19,23)/t15-/m0/s1. The Morgan fingerprint density at radius 3 is 2.91 bits per heavy atom. The van der Waals surface area contributed by atoms with Gasteiger partial charge in [-0.15, -0.1) is 0 Å². The Balaban J connectivity index is 1.62. The van der Waals surface area contributed by atoms with E-state index >= 15 is 0 Å². The quantitative estimate of drug-likeness (QED) is 0.909. The molecule has 0 spiro atoms. The zero-order valence-electron chi connectivity index (χ0n) is 13.0. The molecule has 0 aliphatic carbocycles. The monoisotopic (exact) mass is 312 g/mol. The molecule has 0 saturated carbocycles. The predicted octanol–water partition coefficient (Wildman–Crippen LogP) is 2.18. The van der Waals surface area contributed by atoms with Crippen LogP contribution in [-0.2, 0) is 4.79 Å². The summed E-state index contributed by atoms with van der Waals surface area (Å²) in [6.45, 7) is 2.08. The van der Waals surface area contributed by atoms with Crippen molar-refractivity contribution in [2.24, 2.45) is 0 Å². The highest BCUT2D eigenvalue weighted by Gasteiger charge is 2.32. The van der Waals surface area contributed by atoms with E-state index in [9.17, 15) is 9.59 Å². The van der Waals surface area contributed by atoms with Gasteiger partial charge in [0.2, 0.25) is 5.91 Å². The topological polar surface area (TPSA) is 76.4 Å². The maximum atomic E-state index is 12.4. The van der Waals surface area contributed by atoms with Gasteiger partial charge in [0.15, 0.2) is 0 Å². The fourth-order valence-corrected chi connectivity index (χ4v) is 3.32. The van der Waals surface area contributed by atoms with E-state index in [1.807, 2.05) is 4.90 Å². The number of carbonyl (C=O) groups excluding carboxylic acids is 2. The third-order valence-electron chi connectivity index (χ3n) is 4.48. The Morgan fingerprint density at radius 1 is 1.30 bits per heavy atom. The van der Waals surface area contributed by atoms with Gasteiger partial charge in [-0.3, -0.25) is 4.79 Å². The van der Waals surface area contributed by atoms with Gasteiger partial charge in [-0.1, -0.05) is 6.07 Å². The average molecular weight is 312 g/mol. The van der Waals surface area contributed by atoms with Gasteiger partial charge in [0, 0.05) is 37.8 Å². The predicted molar refractivity (Wildman–Crippen MR) is 85.7 cm³/mol. The lowest BCUT2D eigenvalue weighted by molar-refractivity contribution is -0.130. The number of rotatable bonds is 2. The van der Waals surface area contributed by atoms with E-state index in [0.29, 0.717) is 30.8 Å². The first-order valence-electron chi connectivity index (χ1n) is 8.03. The molecule has 23 heavy (non-hydrogen) atoms. The lowest BCUT2D eigenvalue weighted by atomic mass is 10.0. The third kappa shape index (κ3) is 3.45. The van der Waals surface area contributed by atoms with Crippen molar-refractivity contribution in [2.75, 3.05) is 25.0 Å². The van der Waals surface area contributed by atoms with E-state index in [1.165, 1.54) is 0 Å². The van der Waals surface area contributed by atoms with Crippen LogP contribution in [0.4, 0.5) is 10.5 Å². The van der Waals surface area contributed by atoms with Crippen LogP contribution in [0.1, 0.15) is 31.2 Å². The van der Waals surface area contributed by atoms with Crippen molar-refractivity contribution in [3.8, 4) is 6.07 Å². The summed E-state index contributed by atoms with van der Waals surface area (Å²) >= 11 is 0. The number of likely N-dealkylation sites (tertiary alicyclic amines) is 2. The smallest absolute Gasteiger partial charge is 0.321 e. The van der Waals surface area contributed by atoms with Gasteiger partial charge in [0.05, 0.1) is 11.6 Å². The summed E-state index contributed by atoms with van der Waals surface area (Å²) < 4.78 is 0. The normalized spacial score (nSPS) is 21.2. The summed E-state index contributed by atoms with van der Waals surface area (Å²) in [5, 5.41) is 11.8. The molecule has 1 aromatic rings. The molecule has 2 heterocycles. The molecule has 1 N–H and O–H groups in total. The molecular formula is C17H20N4O2. The number of urea groups is 1. The molecule has 120 valence electrons. The number of hydrogen-bond donors (Lipinski definition) is 1. The van der Waals surface area contributed by atoms with Gasteiger partial charge in [0.25, 0.3) is 0 Å². The molecule has 0 aromatic heterocycles. The molecule has 2 saturated heterocycles. The molecule has 2 aliphatic rings. The van der Waals surface area contributed by atoms with Crippen molar-refractivity contribution >= 4 is 17.6 Å². The highest BCUT2D eigenvalue weighted by Crippen LogP contribution is 2.22. The van der Waals surface area contributed by atoms with Crippen molar-refractivity contribution in [1.29, 1.82) is 5.26 Å². The van der Waals surface area contributed by atoms with Gasteiger partial charge < -0.3 is 15.1 Å². The van der Waals surface area contributed by atoms with E-state index in [0.717, 1.165) is 25.8 Å². The van der Waals surface area contributed by atoms with Crippen LogP contribution in [0.5, 0.6) is 0 Å². The van der Waals surface area contributed by atoms with Crippen molar-refractivity contribution in [2.45, 2.75) is 31.7 Å². The number of nitrogens with one attached hydrogen (secondary N) is 1. The van der Waals surface area contributed by atoms with Crippen molar-refractivity contribution in [3.63, 3.8) is 0 Å². The van der Waals surface area contributed by atoms with E-state index in [-0.39, 0.29) is 18.0 Å². The summed E-state index contributed by atoms with van der Waals surface area (Å²) in [5.41, 5.74) is 1.13. The van der Waals surface area contributed by atoms with Crippen LogP contribution in [0, 0.1) is 11.3 Å². The van der Waals surface area contributed by atoms with Crippen molar-refractivity contribution in [1.82, 2.24) is 9.80 Å². The van der Waals surface area contributed by atoms with E-state index in [2.05, 4.69) is 11.4 Å². The summed E-state index contributed by atoms with van der Waals surface area (Å²) in [5.74, 6) is 0.207. The average Bonchev–Trinajstić information content (AvgIpc) is 3.01. The second-order valence-corrected chi connectivity index (χ2v) is 6.06. The zero-order valence-corrected chi connectivity index (χ0v) is 13.0. The molecule has 6 heteroatoms. The summed E-state index contributed by atoms with van der Waals surface area (Å²) in [4.78, 5) is 28.0. The van der Waals surface area contributed by atoms with Gasteiger partial charge in [-0.05, 0) is 37.5 Å². The summed E-state index contributed by atoms with van der Waals surface area (Å²) in [6, 6.07) is 8.89. The fraction of sp³-hybridized carbons (Fsp3) is 0.471. The molecule has 3 amide bonds. The summed E-state index contributed by atoms with van der Waals surface area (Å²) in [7, 11) is 0. The first-order chi connectivity index (χ1) is 11.2. The van der Waals surface area contributed by atoms with Gasteiger partial charge >= 0.3 is 6.03 Å². The Labute approximate surface area is 135 Å². The van der Waals surface area contributed by atoms with Crippen LogP contribution in [0.15, 0.2) is 24.3 Å². The highest BCUT2D eigenvalue weighted by atomic mass is 16.2. The minimum absolute atomic E-state index is 0.134. The van der Waals surface area contributed by atoms with Gasteiger partial charge in [-0.25, -0.2) is 4.79 Å². The largest absolute Gasteiger partial charge is 0.338 e. The Bertz CT molecular complexity index is 652. The van der Waals surface area contributed by atoms with Crippen LogP contribution in [0.2, 0.25) is 0 Å².